The quantitative estimate of drug-likeness (QED) is 0.623. The summed E-state index contributed by atoms with van der Waals surface area (Å²) in [7, 11) is 0. The van der Waals surface area contributed by atoms with Gasteiger partial charge in [0, 0.05) is 19.7 Å². The number of rotatable bonds is 2. The van der Waals surface area contributed by atoms with E-state index in [4.69, 9.17) is 11.6 Å². The lowest BCUT2D eigenvalue weighted by molar-refractivity contribution is -0.0816. The molecule has 0 fully saturated rings. The Labute approximate surface area is 165 Å². The topological polar surface area (TPSA) is 52.9 Å². The van der Waals surface area contributed by atoms with Crippen molar-refractivity contribution in [2.45, 2.75) is 18.3 Å². The monoisotopic (exact) mass is 494 g/mol. The van der Waals surface area contributed by atoms with Gasteiger partial charge < -0.3 is 5.11 Å². The lowest BCUT2D eigenvalue weighted by atomic mass is 9.96. The largest absolute Gasteiger partial charge is 0.431 e. The fourth-order valence-corrected chi connectivity index (χ4v) is 3.06. The molecule has 0 saturated carbocycles. The summed E-state index contributed by atoms with van der Waals surface area (Å²) < 4.78 is 40.4. The molecule has 2 aromatic carbocycles. The molecule has 9 heteroatoms. The highest BCUT2D eigenvalue weighted by Gasteiger charge is 2.53. The second-order valence-corrected chi connectivity index (χ2v) is 7.35. The Kier molecular flexibility index (Phi) is 5.02. The van der Waals surface area contributed by atoms with E-state index < -0.39 is 29.9 Å². The number of aliphatic hydroxyl groups is 1. The van der Waals surface area contributed by atoms with Gasteiger partial charge >= 0.3 is 6.18 Å². The third-order valence-electron chi connectivity index (χ3n) is 3.90. The molecule has 4 nitrogen and oxygen atoms in total. The van der Waals surface area contributed by atoms with E-state index in [0.717, 1.165) is 3.57 Å². The van der Waals surface area contributed by atoms with Crippen molar-refractivity contribution in [1.82, 2.24) is 5.01 Å². The molecule has 0 bridgehead atoms. The van der Waals surface area contributed by atoms with Crippen LogP contribution in [0.25, 0.3) is 0 Å². The minimum Gasteiger partial charge on any atom is -0.365 e. The van der Waals surface area contributed by atoms with Crippen LogP contribution in [0, 0.1) is 3.57 Å². The molecule has 1 aliphatic rings. The van der Waals surface area contributed by atoms with E-state index in [2.05, 4.69) is 5.10 Å². The van der Waals surface area contributed by atoms with Crippen LogP contribution in [0.3, 0.4) is 0 Å². The van der Waals surface area contributed by atoms with E-state index in [-0.39, 0.29) is 11.1 Å². The van der Waals surface area contributed by atoms with E-state index in [0.29, 0.717) is 10.0 Å². The first-order valence-corrected chi connectivity index (χ1v) is 8.80. The second kappa shape index (κ2) is 6.82. The van der Waals surface area contributed by atoms with Gasteiger partial charge in [-0.3, -0.25) is 4.79 Å². The molecule has 0 aromatic heterocycles. The molecule has 1 aliphatic heterocycles. The van der Waals surface area contributed by atoms with Gasteiger partial charge in [0.1, 0.15) is 5.71 Å². The molecule has 1 unspecified atom stereocenters. The highest BCUT2D eigenvalue weighted by Crippen LogP contribution is 2.40. The Balaban J connectivity index is 2.06. The predicted octanol–water partition coefficient (Wildman–Crippen LogP) is 4.55. The molecule has 3 rings (SSSR count). The highest BCUT2D eigenvalue weighted by atomic mass is 127. The number of hydrazone groups is 1. The van der Waals surface area contributed by atoms with Gasteiger partial charge in [-0.25, -0.2) is 0 Å². The number of hydrogen-bond donors (Lipinski definition) is 1. The highest BCUT2D eigenvalue weighted by molar-refractivity contribution is 14.1. The van der Waals surface area contributed by atoms with Crippen LogP contribution in [0.5, 0.6) is 0 Å². The normalized spacial score (nSPS) is 20.2. The maximum atomic E-state index is 13.2. The standard InChI is InChI=1S/C17H11ClF3IN2O2/c18-12-5-3-11(4-6-12)16(26)9-14(17(19,20)21)23-24(16)15(25)10-1-7-13(22)8-2-10/h1-8,26H,9H2. The van der Waals surface area contributed by atoms with Gasteiger partial charge in [-0.1, -0.05) is 23.7 Å². The van der Waals surface area contributed by atoms with Crippen molar-refractivity contribution >= 4 is 45.8 Å². The van der Waals surface area contributed by atoms with Crippen molar-refractivity contribution in [1.29, 1.82) is 0 Å². The molecule has 0 aliphatic carbocycles. The van der Waals surface area contributed by atoms with Crippen LogP contribution >= 0.6 is 34.2 Å². The second-order valence-electron chi connectivity index (χ2n) is 5.67. The smallest absolute Gasteiger partial charge is 0.365 e. The van der Waals surface area contributed by atoms with E-state index in [9.17, 15) is 23.1 Å². The van der Waals surface area contributed by atoms with Crippen LogP contribution < -0.4 is 0 Å². The Bertz CT molecular complexity index is 869. The average molecular weight is 495 g/mol. The number of benzene rings is 2. The summed E-state index contributed by atoms with van der Waals surface area (Å²) in [5.74, 6) is -0.835. The molecule has 26 heavy (non-hydrogen) atoms. The molecule has 1 heterocycles. The molecular formula is C17H11ClF3IN2O2. The van der Waals surface area contributed by atoms with Crippen molar-refractivity contribution in [3.05, 3.63) is 68.3 Å². The van der Waals surface area contributed by atoms with Gasteiger partial charge in [0.2, 0.25) is 0 Å². The first-order valence-electron chi connectivity index (χ1n) is 7.34. The Hall–Kier alpha value is -1.65. The van der Waals surface area contributed by atoms with Crippen molar-refractivity contribution in [2.75, 3.05) is 0 Å². The van der Waals surface area contributed by atoms with Crippen LogP contribution in [-0.2, 0) is 5.72 Å². The first-order chi connectivity index (χ1) is 12.1. The van der Waals surface area contributed by atoms with Gasteiger partial charge in [-0.15, -0.1) is 0 Å². The molecule has 0 radical (unpaired) electrons. The summed E-state index contributed by atoms with van der Waals surface area (Å²) in [5, 5.41) is 15.2. The molecule has 0 saturated heterocycles. The third kappa shape index (κ3) is 3.58. The molecule has 1 amide bonds. The Morgan fingerprint density at radius 2 is 1.73 bits per heavy atom. The number of carbonyl (C=O) groups is 1. The van der Waals surface area contributed by atoms with Crippen molar-refractivity contribution in [3.63, 3.8) is 0 Å². The molecule has 1 N–H and O–H groups in total. The van der Waals surface area contributed by atoms with Crippen LogP contribution in [0.15, 0.2) is 53.6 Å². The Morgan fingerprint density at radius 1 is 1.15 bits per heavy atom. The van der Waals surface area contributed by atoms with E-state index in [1.54, 1.807) is 12.1 Å². The van der Waals surface area contributed by atoms with Crippen molar-refractivity contribution in [2.24, 2.45) is 5.10 Å². The van der Waals surface area contributed by atoms with Crippen molar-refractivity contribution in [3.8, 4) is 0 Å². The minimum atomic E-state index is -4.76. The zero-order valence-electron chi connectivity index (χ0n) is 13.0. The van der Waals surface area contributed by atoms with Gasteiger partial charge in [0.05, 0.1) is 6.42 Å². The number of carbonyl (C=O) groups excluding carboxylic acids is 1. The van der Waals surface area contributed by atoms with E-state index >= 15 is 0 Å². The fraction of sp³-hybridized carbons (Fsp3) is 0.176. The number of halogens is 5. The predicted molar refractivity (Wildman–Crippen MR) is 98.8 cm³/mol. The van der Waals surface area contributed by atoms with Gasteiger partial charge in [0.25, 0.3) is 5.91 Å². The van der Waals surface area contributed by atoms with Gasteiger partial charge in [-0.2, -0.15) is 23.3 Å². The SMILES string of the molecule is O=C(c1ccc(I)cc1)N1N=C(C(F)(F)F)CC1(O)c1ccc(Cl)cc1. The number of hydrogen-bond acceptors (Lipinski definition) is 3. The summed E-state index contributed by atoms with van der Waals surface area (Å²) in [5.41, 5.74) is -3.28. The molecule has 0 spiro atoms. The van der Waals surface area contributed by atoms with Crippen LogP contribution in [0.2, 0.25) is 5.02 Å². The Morgan fingerprint density at radius 3 is 2.27 bits per heavy atom. The van der Waals surface area contributed by atoms with Gasteiger partial charge in [-0.05, 0) is 59.0 Å². The molecule has 136 valence electrons. The summed E-state index contributed by atoms with van der Waals surface area (Å²) in [6, 6.07) is 11.8. The summed E-state index contributed by atoms with van der Waals surface area (Å²) in [6.07, 6.45) is -5.63. The summed E-state index contributed by atoms with van der Waals surface area (Å²) in [4.78, 5) is 12.7. The first kappa shape index (κ1) is 19.1. The third-order valence-corrected chi connectivity index (χ3v) is 4.87. The summed E-state index contributed by atoms with van der Waals surface area (Å²) >= 11 is 7.84. The number of nitrogens with zero attached hydrogens (tertiary/aromatic N) is 2. The summed E-state index contributed by atoms with van der Waals surface area (Å²) in [6.45, 7) is 0. The minimum absolute atomic E-state index is 0.0868. The lowest BCUT2D eigenvalue weighted by Crippen LogP contribution is -2.43. The van der Waals surface area contributed by atoms with Gasteiger partial charge in [0.15, 0.2) is 5.72 Å². The molecule has 1 atom stereocenters. The van der Waals surface area contributed by atoms with E-state index in [1.165, 1.54) is 36.4 Å². The average Bonchev–Trinajstić information content (AvgIpc) is 2.94. The molecule has 2 aromatic rings. The van der Waals surface area contributed by atoms with Crippen LogP contribution in [0.4, 0.5) is 13.2 Å². The number of alkyl halides is 3. The fourth-order valence-electron chi connectivity index (χ4n) is 2.57. The van der Waals surface area contributed by atoms with Crippen LogP contribution in [0.1, 0.15) is 22.3 Å². The maximum Gasteiger partial charge on any atom is 0.431 e. The maximum absolute atomic E-state index is 13.2. The van der Waals surface area contributed by atoms with Crippen LogP contribution in [-0.4, -0.2) is 27.9 Å². The van der Waals surface area contributed by atoms with Crippen molar-refractivity contribution < 1.29 is 23.1 Å². The zero-order chi connectivity index (χ0) is 19.1. The molecular weight excluding hydrogens is 484 g/mol. The zero-order valence-corrected chi connectivity index (χ0v) is 15.9. The number of amides is 1. The lowest BCUT2D eigenvalue weighted by Gasteiger charge is -2.31. The van der Waals surface area contributed by atoms with E-state index in [1.807, 2.05) is 22.6 Å².